The molecule has 5 nitrogen and oxygen atoms in total. The lowest BCUT2D eigenvalue weighted by atomic mass is 9.87. The average Bonchev–Trinajstić information content (AvgIpc) is 2.04. The van der Waals surface area contributed by atoms with E-state index in [1.165, 1.54) is 0 Å². The van der Waals surface area contributed by atoms with Crippen LogP contribution in [-0.2, 0) is 9.53 Å². The van der Waals surface area contributed by atoms with Crippen LogP contribution in [0.5, 0.6) is 0 Å². The van der Waals surface area contributed by atoms with Gasteiger partial charge in [-0.15, -0.1) is 0 Å². The Balaban J connectivity index is 2.30. The molecule has 0 aromatic rings. The van der Waals surface area contributed by atoms with E-state index in [1.807, 2.05) is 0 Å². The summed E-state index contributed by atoms with van der Waals surface area (Å²) in [5.74, 6) is -0.328. The third-order valence-electron chi connectivity index (χ3n) is 2.36. The van der Waals surface area contributed by atoms with Crippen molar-refractivity contribution < 1.29 is 14.3 Å². The largest absolute Gasteiger partial charge is 0.446 e. The van der Waals surface area contributed by atoms with Crippen LogP contribution in [0.2, 0.25) is 0 Å². The van der Waals surface area contributed by atoms with Crippen LogP contribution in [-0.4, -0.2) is 18.1 Å². The molecule has 0 spiro atoms. The zero-order valence-electron chi connectivity index (χ0n) is 7.36. The van der Waals surface area contributed by atoms with E-state index >= 15 is 0 Å². The van der Waals surface area contributed by atoms with E-state index in [0.29, 0.717) is 25.7 Å². The monoisotopic (exact) mass is 186 g/mol. The molecule has 0 aromatic carbocycles. The number of rotatable bonds is 2. The van der Waals surface area contributed by atoms with Crippen LogP contribution in [0, 0.1) is 5.92 Å². The van der Waals surface area contributed by atoms with E-state index in [0.717, 1.165) is 0 Å². The molecule has 0 heterocycles. The van der Waals surface area contributed by atoms with Crippen molar-refractivity contribution in [3.8, 4) is 0 Å². The first-order chi connectivity index (χ1) is 6.09. The van der Waals surface area contributed by atoms with Crippen LogP contribution in [0.3, 0.4) is 0 Å². The minimum absolute atomic E-state index is 0.0623. The van der Waals surface area contributed by atoms with Gasteiger partial charge in [-0.25, -0.2) is 4.79 Å². The first-order valence-corrected chi connectivity index (χ1v) is 4.35. The van der Waals surface area contributed by atoms with E-state index < -0.39 is 6.09 Å². The van der Waals surface area contributed by atoms with Crippen molar-refractivity contribution >= 4 is 12.0 Å². The van der Waals surface area contributed by atoms with Gasteiger partial charge in [0.1, 0.15) is 6.10 Å². The molecular formula is C8H14N2O3. The fourth-order valence-corrected chi connectivity index (χ4v) is 1.63. The lowest BCUT2D eigenvalue weighted by Crippen LogP contribution is -2.32. The lowest BCUT2D eigenvalue weighted by molar-refractivity contribution is -0.123. The standard InChI is InChI=1S/C8H14N2O3/c9-7(11)5-1-3-6(4-2-5)13-8(10)12/h5-6H,1-4H2,(H2,9,11)(H2,10,12). The highest BCUT2D eigenvalue weighted by Crippen LogP contribution is 2.25. The molecule has 5 heteroatoms. The number of nitrogens with two attached hydrogens (primary N) is 2. The van der Waals surface area contributed by atoms with Gasteiger partial charge in [0.25, 0.3) is 0 Å². The van der Waals surface area contributed by atoms with Gasteiger partial charge >= 0.3 is 6.09 Å². The summed E-state index contributed by atoms with van der Waals surface area (Å²) in [4.78, 5) is 21.2. The van der Waals surface area contributed by atoms with Gasteiger partial charge in [0.15, 0.2) is 0 Å². The zero-order chi connectivity index (χ0) is 9.84. The van der Waals surface area contributed by atoms with Crippen molar-refractivity contribution in [2.75, 3.05) is 0 Å². The molecule has 1 fully saturated rings. The first kappa shape index (κ1) is 9.83. The Labute approximate surface area is 76.4 Å². The SMILES string of the molecule is NC(=O)OC1CCC(C(N)=O)CC1. The number of ether oxygens (including phenoxy) is 1. The van der Waals surface area contributed by atoms with Crippen molar-refractivity contribution in [3.05, 3.63) is 0 Å². The third kappa shape index (κ3) is 2.93. The third-order valence-corrected chi connectivity index (χ3v) is 2.36. The molecule has 74 valence electrons. The molecule has 0 aromatic heterocycles. The maximum absolute atomic E-state index is 10.8. The second kappa shape index (κ2) is 4.11. The van der Waals surface area contributed by atoms with E-state index in [-0.39, 0.29) is 17.9 Å². The van der Waals surface area contributed by atoms with Crippen molar-refractivity contribution in [1.29, 1.82) is 0 Å². The van der Waals surface area contributed by atoms with Crippen LogP contribution in [0.25, 0.3) is 0 Å². The van der Waals surface area contributed by atoms with Gasteiger partial charge in [-0.1, -0.05) is 0 Å². The number of primary amides is 2. The summed E-state index contributed by atoms with van der Waals surface area (Å²) >= 11 is 0. The highest BCUT2D eigenvalue weighted by molar-refractivity contribution is 5.76. The molecule has 0 radical (unpaired) electrons. The van der Waals surface area contributed by atoms with E-state index in [2.05, 4.69) is 0 Å². The van der Waals surface area contributed by atoms with Crippen LogP contribution < -0.4 is 11.5 Å². The van der Waals surface area contributed by atoms with Crippen molar-refractivity contribution in [3.63, 3.8) is 0 Å². The Kier molecular flexibility index (Phi) is 3.11. The molecule has 2 amide bonds. The fourth-order valence-electron chi connectivity index (χ4n) is 1.63. The molecule has 13 heavy (non-hydrogen) atoms. The minimum Gasteiger partial charge on any atom is -0.446 e. The number of carbonyl (C=O) groups excluding carboxylic acids is 2. The van der Waals surface area contributed by atoms with Crippen LogP contribution >= 0.6 is 0 Å². The minimum atomic E-state index is -0.748. The van der Waals surface area contributed by atoms with Gasteiger partial charge in [-0.05, 0) is 25.7 Å². The number of hydrogen-bond donors (Lipinski definition) is 2. The molecule has 1 aliphatic rings. The summed E-state index contributed by atoms with van der Waals surface area (Å²) in [6.07, 6.45) is 1.85. The Morgan fingerprint density at radius 2 is 1.62 bits per heavy atom. The highest BCUT2D eigenvalue weighted by atomic mass is 16.6. The normalized spacial score (nSPS) is 28.0. The van der Waals surface area contributed by atoms with Gasteiger partial charge in [-0.3, -0.25) is 4.79 Å². The molecule has 0 unspecified atom stereocenters. The van der Waals surface area contributed by atoms with Gasteiger partial charge in [-0.2, -0.15) is 0 Å². The molecule has 0 atom stereocenters. The Morgan fingerprint density at radius 3 is 2.00 bits per heavy atom. The van der Waals surface area contributed by atoms with Crippen LogP contribution in [0.15, 0.2) is 0 Å². The van der Waals surface area contributed by atoms with Crippen molar-refractivity contribution in [2.24, 2.45) is 17.4 Å². The Morgan fingerprint density at radius 1 is 1.08 bits per heavy atom. The molecule has 1 aliphatic carbocycles. The summed E-state index contributed by atoms with van der Waals surface area (Å²) in [7, 11) is 0. The number of amides is 2. The second-order valence-corrected chi connectivity index (χ2v) is 3.31. The van der Waals surface area contributed by atoms with Gasteiger partial charge in [0.05, 0.1) is 0 Å². The summed E-state index contributed by atoms with van der Waals surface area (Å²) < 4.78 is 4.81. The van der Waals surface area contributed by atoms with E-state index in [4.69, 9.17) is 16.2 Å². The molecule has 4 N–H and O–H groups in total. The molecular weight excluding hydrogens is 172 g/mol. The van der Waals surface area contributed by atoms with Crippen LogP contribution in [0.1, 0.15) is 25.7 Å². The maximum Gasteiger partial charge on any atom is 0.404 e. The molecule has 0 saturated heterocycles. The summed E-state index contributed by atoms with van der Waals surface area (Å²) in [5.41, 5.74) is 10.0. The summed E-state index contributed by atoms with van der Waals surface area (Å²) in [6, 6.07) is 0. The van der Waals surface area contributed by atoms with Crippen molar-refractivity contribution in [1.82, 2.24) is 0 Å². The Hall–Kier alpha value is -1.26. The number of hydrogen-bond acceptors (Lipinski definition) is 3. The lowest BCUT2D eigenvalue weighted by Gasteiger charge is -2.25. The smallest absolute Gasteiger partial charge is 0.404 e. The summed E-state index contributed by atoms with van der Waals surface area (Å²) in [6.45, 7) is 0. The van der Waals surface area contributed by atoms with E-state index in [1.54, 1.807) is 0 Å². The first-order valence-electron chi connectivity index (χ1n) is 4.35. The van der Waals surface area contributed by atoms with Gasteiger partial charge in [0.2, 0.25) is 5.91 Å². The fraction of sp³-hybridized carbons (Fsp3) is 0.750. The zero-order valence-corrected chi connectivity index (χ0v) is 7.36. The predicted octanol–water partition coefficient (Wildman–Crippen LogP) is 0.126. The maximum atomic E-state index is 10.8. The van der Waals surface area contributed by atoms with Crippen molar-refractivity contribution in [2.45, 2.75) is 31.8 Å². The van der Waals surface area contributed by atoms with Crippen LogP contribution in [0.4, 0.5) is 4.79 Å². The van der Waals surface area contributed by atoms with Gasteiger partial charge < -0.3 is 16.2 Å². The highest BCUT2D eigenvalue weighted by Gasteiger charge is 2.26. The number of carbonyl (C=O) groups is 2. The molecule has 0 bridgehead atoms. The van der Waals surface area contributed by atoms with Gasteiger partial charge in [0, 0.05) is 5.92 Å². The van der Waals surface area contributed by atoms with E-state index in [9.17, 15) is 9.59 Å². The quantitative estimate of drug-likeness (QED) is 0.641. The summed E-state index contributed by atoms with van der Waals surface area (Å²) in [5, 5.41) is 0. The Bertz CT molecular complexity index is 209. The second-order valence-electron chi connectivity index (χ2n) is 3.31. The average molecular weight is 186 g/mol. The topological polar surface area (TPSA) is 95.4 Å². The molecule has 0 aliphatic heterocycles. The molecule has 1 saturated carbocycles. The molecule has 1 rings (SSSR count). The predicted molar refractivity (Wildman–Crippen MR) is 45.6 cm³/mol.